The van der Waals surface area contributed by atoms with Gasteiger partial charge in [0.1, 0.15) is 28.9 Å². The zero-order valence-electron chi connectivity index (χ0n) is 19.2. The van der Waals surface area contributed by atoms with E-state index in [-0.39, 0.29) is 5.88 Å². The highest BCUT2D eigenvalue weighted by Crippen LogP contribution is 2.42. The van der Waals surface area contributed by atoms with Crippen LogP contribution in [-0.2, 0) is 0 Å². The van der Waals surface area contributed by atoms with E-state index >= 15 is 0 Å². The van der Waals surface area contributed by atoms with Crippen molar-refractivity contribution in [2.75, 3.05) is 0 Å². The molecule has 5 rings (SSSR count). The fraction of sp³-hybridized carbons (Fsp3) is 0.0667. The highest BCUT2D eigenvalue weighted by Gasteiger charge is 2.23. The number of halogens is 1. The van der Waals surface area contributed by atoms with Crippen molar-refractivity contribution < 1.29 is 8.83 Å². The van der Waals surface area contributed by atoms with Crippen molar-refractivity contribution in [1.29, 1.82) is 5.26 Å². The summed E-state index contributed by atoms with van der Waals surface area (Å²) in [6.07, 6.45) is 1.56. The molecule has 2 heterocycles. The van der Waals surface area contributed by atoms with Crippen molar-refractivity contribution in [3.8, 4) is 39.8 Å². The van der Waals surface area contributed by atoms with Crippen LogP contribution in [0.5, 0.6) is 0 Å². The van der Waals surface area contributed by atoms with E-state index in [0.717, 1.165) is 33.4 Å². The monoisotopic (exact) mass is 476 g/mol. The van der Waals surface area contributed by atoms with Crippen LogP contribution in [0.15, 0.2) is 98.8 Å². The normalized spacial score (nSPS) is 11.1. The first kappa shape index (κ1) is 22.5. The van der Waals surface area contributed by atoms with Crippen LogP contribution in [0.1, 0.15) is 22.5 Å². The van der Waals surface area contributed by atoms with Gasteiger partial charge in [-0.15, -0.1) is 0 Å². The van der Waals surface area contributed by atoms with Crippen molar-refractivity contribution in [1.82, 2.24) is 0 Å². The minimum atomic E-state index is 0.236. The number of nitriles is 1. The van der Waals surface area contributed by atoms with E-state index in [1.165, 1.54) is 0 Å². The molecule has 0 fully saturated rings. The largest absolute Gasteiger partial charge is 0.455 e. The summed E-state index contributed by atoms with van der Waals surface area (Å²) >= 11 is 6.10. The summed E-state index contributed by atoms with van der Waals surface area (Å²) in [4.78, 5) is 4.51. The van der Waals surface area contributed by atoms with Gasteiger partial charge in [-0.05, 0) is 43.7 Å². The van der Waals surface area contributed by atoms with Crippen LogP contribution in [0, 0.1) is 25.2 Å². The Morgan fingerprint density at radius 2 is 1.49 bits per heavy atom. The van der Waals surface area contributed by atoms with Crippen LogP contribution in [0.3, 0.4) is 0 Å². The smallest absolute Gasteiger partial charge is 0.238 e. The third-order valence-electron chi connectivity index (χ3n) is 5.70. The molecule has 170 valence electrons. The minimum Gasteiger partial charge on any atom is -0.455 e. The molecule has 0 unspecified atom stereocenters. The summed E-state index contributed by atoms with van der Waals surface area (Å²) < 4.78 is 12.1. The first-order valence-corrected chi connectivity index (χ1v) is 11.5. The molecule has 0 aliphatic rings. The molecule has 35 heavy (non-hydrogen) atoms. The lowest BCUT2D eigenvalue weighted by molar-refractivity contribution is 0.572. The topological polar surface area (TPSA) is 62.4 Å². The standard InChI is InChI=1S/C30H21ClN2O2/c1-19-6-10-21(11-7-19)28-26(17-32)30(35-29(28)22-12-8-20(2)9-13-22)33-18-25-14-15-27(34-25)23-4-3-5-24(31)16-23/h3-16,18H,1-2H3. The first-order valence-electron chi connectivity index (χ1n) is 11.1. The van der Waals surface area contributed by atoms with Gasteiger partial charge in [0.15, 0.2) is 0 Å². The van der Waals surface area contributed by atoms with Gasteiger partial charge in [-0.2, -0.15) is 5.26 Å². The molecule has 2 aromatic heterocycles. The Morgan fingerprint density at radius 1 is 0.800 bits per heavy atom. The first-order chi connectivity index (χ1) is 17.0. The van der Waals surface area contributed by atoms with Crippen LogP contribution in [0.4, 0.5) is 5.88 Å². The molecule has 0 saturated heterocycles. The molecular formula is C30H21ClN2O2. The van der Waals surface area contributed by atoms with E-state index in [9.17, 15) is 5.26 Å². The Morgan fingerprint density at radius 3 is 2.14 bits per heavy atom. The summed E-state index contributed by atoms with van der Waals surface area (Å²) in [5.41, 5.74) is 6.03. The van der Waals surface area contributed by atoms with Gasteiger partial charge in [-0.1, -0.05) is 83.4 Å². The van der Waals surface area contributed by atoms with Crippen molar-refractivity contribution in [3.63, 3.8) is 0 Å². The van der Waals surface area contributed by atoms with Crippen LogP contribution in [-0.4, -0.2) is 6.21 Å². The molecule has 0 saturated carbocycles. The molecule has 4 nitrogen and oxygen atoms in total. The lowest BCUT2D eigenvalue weighted by Gasteiger charge is -2.05. The third kappa shape index (κ3) is 4.68. The lowest BCUT2D eigenvalue weighted by atomic mass is 9.97. The Kier molecular flexibility index (Phi) is 6.10. The van der Waals surface area contributed by atoms with Gasteiger partial charge in [0.05, 0.1) is 6.21 Å². The van der Waals surface area contributed by atoms with E-state index in [2.05, 4.69) is 11.1 Å². The van der Waals surface area contributed by atoms with Gasteiger partial charge in [0, 0.05) is 21.7 Å². The van der Waals surface area contributed by atoms with E-state index in [1.54, 1.807) is 6.21 Å². The maximum atomic E-state index is 10.1. The molecule has 0 amide bonds. The van der Waals surface area contributed by atoms with E-state index in [4.69, 9.17) is 20.4 Å². The Balaban J connectivity index is 1.57. The number of hydrogen-bond donors (Lipinski definition) is 0. The van der Waals surface area contributed by atoms with Crippen LogP contribution >= 0.6 is 11.6 Å². The number of rotatable bonds is 5. The highest BCUT2D eigenvalue weighted by molar-refractivity contribution is 6.30. The fourth-order valence-corrected chi connectivity index (χ4v) is 4.05. The molecular weight excluding hydrogens is 456 g/mol. The number of aryl methyl sites for hydroxylation is 2. The van der Waals surface area contributed by atoms with E-state index < -0.39 is 0 Å². The van der Waals surface area contributed by atoms with Crippen molar-refractivity contribution in [2.24, 2.45) is 4.99 Å². The summed E-state index contributed by atoms with van der Waals surface area (Å²) in [5, 5.41) is 10.7. The van der Waals surface area contributed by atoms with Crippen molar-refractivity contribution >= 4 is 23.7 Å². The van der Waals surface area contributed by atoms with Crippen LogP contribution in [0.2, 0.25) is 5.02 Å². The Bertz CT molecular complexity index is 1570. The predicted molar refractivity (Wildman–Crippen MR) is 140 cm³/mol. The summed E-state index contributed by atoms with van der Waals surface area (Å²) in [7, 11) is 0. The molecule has 0 radical (unpaired) electrons. The lowest BCUT2D eigenvalue weighted by Crippen LogP contribution is -1.85. The summed E-state index contributed by atoms with van der Waals surface area (Å²) in [6.45, 7) is 4.06. The molecule has 0 aliphatic heterocycles. The van der Waals surface area contributed by atoms with Gasteiger partial charge < -0.3 is 8.83 Å². The Hall–Kier alpha value is -4.33. The number of nitrogens with zero attached hydrogens (tertiary/aromatic N) is 2. The van der Waals surface area contributed by atoms with Crippen LogP contribution < -0.4 is 0 Å². The van der Waals surface area contributed by atoms with Gasteiger partial charge in [-0.3, -0.25) is 0 Å². The average molecular weight is 477 g/mol. The zero-order chi connectivity index (χ0) is 24.4. The number of aliphatic imine (C=N–C) groups is 1. The second-order valence-corrected chi connectivity index (χ2v) is 8.74. The average Bonchev–Trinajstić information content (AvgIpc) is 3.48. The molecule has 3 aromatic carbocycles. The maximum Gasteiger partial charge on any atom is 0.238 e. The Labute approximate surface area is 208 Å². The van der Waals surface area contributed by atoms with Gasteiger partial charge in [-0.25, -0.2) is 4.99 Å². The molecule has 5 heteroatoms. The molecule has 0 bridgehead atoms. The van der Waals surface area contributed by atoms with Gasteiger partial charge in [0.2, 0.25) is 5.88 Å². The summed E-state index contributed by atoms with van der Waals surface area (Å²) in [5.74, 6) is 2.06. The summed E-state index contributed by atoms with van der Waals surface area (Å²) in [6, 6.07) is 29.5. The minimum absolute atomic E-state index is 0.236. The zero-order valence-corrected chi connectivity index (χ0v) is 20.0. The third-order valence-corrected chi connectivity index (χ3v) is 5.94. The molecule has 0 atom stereocenters. The second kappa shape index (κ2) is 9.50. The van der Waals surface area contributed by atoms with Crippen LogP contribution in [0.25, 0.3) is 33.8 Å². The number of benzene rings is 3. The van der Waals surface area contributed by atoms with Crippen molar-refractivity contribution in [2.45, 2.75) is 13.8 Å². The van der Waals surface area contributed by atoms with E-state index in [1.807, 2.05) is 98.8 Å². The van der Waals surface area contributed by atoms with E-state index in [0.29, 0.717) is 27.9 Å². The molecule has 0 aliphatic carbocycles. The molecule has 0 N–H and O–H groups in total. The highest BCUT2D eigenvalue weighted by atomic mass is 35.5. The predicted octanol–water partition coefficient (Wildman–Crippen LogP) is 8.77. The van der Waals surface area contributed by atoms with Gasteiger partial charge in [0.25, 0.3) is 0 Å². The van der Waals surface area contributed by atoms with Gasteiger partial charge >= 0.3 is 0 Å². The second-order valence-electron chi connectivity index (χ2n) is 8.30. The maximum absolute atomic E-state index is 10.1. The molecule has 5 aromatic rings. The number of hydrogen-bond acceptors (Lipinski definition) is 4. The SMILES string of the molecule is Cc1ccc(-c2oc(N=Cc3ccc(-c4cccc(Cl)c4)o3)c(C#N)c2-c2ccc(C)cc2)cc1. The quantitative estimate of drug-likeness (QED) is 0.238. The fourth-order valence-electron chi connectivity index (χ4n) is 3.86. The number of furan rings is 2. The molecule has 0 spiro atoms. The van der Waals surface area contributed by atoms with Crippen molar-refractivity contribution in [3.05, 3.63) is 112 Å².